The van der Waals surface area contributed by atoms with Gasteiger partial charge in [-0.2, -0.15) is 0 Å². The number of halogens is 1. The van der Waals surface area contributed by atoms with Gasteiger partial charge in [0.2, 0.25) is 0 Å². The summed E-state index contributed by atoms with van der Waals surface area (Å²) < 4.78 is 13.3. The second-order valence-corrected chi connectivity index (χ2v) is 9.23. The summed E-state index contributed by atoms with van der Waals surface area (Å²) in [4.78, 5) is 20.1. The van der Waals surface area contributed by atoms with E-state index in [0.29, 0.717) is 30.2 Å². The highest BCUT2D eigenvalue weighted by Crippen LogP contribution is 2.40. The van der Waals surface area contributed by atoms with Gasteiger partial charge in [-0.1, -0.05) is 29.8 Å². The maximum Gasteiger partial charge on any atom is 0.256 e. The van der Waals surface area contributed by atoms with Crippen LogP contribution in [-0.4, -0.2) is 47.7 Å². The van der Waals surface area contributed by atoms with Crippen molar-refractivity contribution in [1.29, 1.82) is 0 Å². The molecule has 1 amide bonds. The van der Waals surface area contributed by atoms with E-state index in [1.165, 1.54) is 0 Å². The number of pyridine rings is 1. The number of rotatable bonds is 6. The molecule has 4 aromatic rings. The van der Waals surface area contributed by atoms with E-state index in [1.807, 2.05) is 65.7 Å². The maximum atomic E-state index is 13.7. The minimum absolute atomic E-state index is 0.0440. The highest BCUT2D eigenvalue weighted by Gasteiger charge is 2.29. The van der Waals surface area contributed by atoms with Crippen molar-refractivity contribution < 1.29 is 14.3 Å². The van der Waals surface area contributed by atoms with Crippen LogP contribution < -0.4 is 9.47 Å². The monoisotopic (exact) mass is 489 g/mol. The van der Waals surface area contributed by atoms with Gasteiger partial charge in [-0.05, 0) is 55.2 Å². The molecule has 1 saturated heterocycles. The summed E-state index contributed by atoms with van der Waals surface area (Å²) in [6.45, 7) is 1.91. The molecule has 7 heteroatoms. The van der Waals surface area contributed by atoms with E-state index in [0.717, 1.165) is 46.5 Å². The third-order valence-corrected chi connectivity index (χ3v) is 7.02. The zero-order valence-corrected chi connectivity index (χ0v) is 20.7. The highest BCUT2D eigenvalue weighted by atomic mass is 35.5. The number of benzene rings is 2. The molecule has 0 aliphatic carbocycles. The minimum Gasteiger partial charge on any atom is -0.496 e. The van der Waals surface area contributed by atoms with Crippen LogP contribution in [0.4, 0.5) is 0 Å². The summed E-state index contributed by atoms with van der Waals surface area (Å²) >= 11 is 6.31. The molecule has 0 saturated carbocycles. The van der Waals surface area contributed by atoms with Gasteiger partial charge in [0, 0.05) is 41.5 Å². The lowest BCUT2D eigenvalue weighted by Crippen LogP contribution is -2.38. The molecular formula is C28H28ClN3O3. The van der Waals surface area contributed by atoms with Crippen LogP contribution in [-0.2, 0) is 6.54 Å². The van der Waals surface area contributed by atoms with Gasteiger partial charge in [-0.15, -0.1) is 0 Å². The first-order valence-corrected chi connectivity index (χ1v) is 12.1. The van der Waals surface area contributed by atoms with Gasteiger partial charge in [0.15, 0.2) is 0 Å². The summed E-state index contributed by atoms with van der Waals surface area (Å²) in [6.07, 6.45) is 5.41. The molecule has 5 rings (SSSR count). The lowest BCUT2D eigenvalue weighted by molar-refractivity contribution is 0.0714. The first-order chi connectivity index (χ1) is 17.1. The van der Waals surface area contributed by atoms with E-state index in [9.17, 15) is 4.79 Å². The quantitative estimate of drug-likeness (QED) is 0.345. The van der Waals surface area contributed by atoms with Crippen LogP contribution in [0.1, 0.15) is 40.4 Å². The Balaban J connectivity index is 1.39. The number of hydrogen-bond acceptors (Lipinski definition) is 4. The molecule has 180 valence electrons. The van der Waals surface area contributed by atoms with Gasteiger partial charge in [-0.25, -0.2) is 0 Å². The first-order valence-electron chi connectivity index (χ1n) is 11.8. The zero-order valence-electron chi connectivity index (χ0n) is 19.9. The number of amides is 1. The van der Waals surface area contributed by atoms with Gasteiger partial charge in [0.05, 0.1) is 37.5 Å². The molecule has 0 N–H and O–H groups in total. The fourth-order valence-electron chi connectivity index (χ4n) is 5.06. The van der Waals surface area contributed by atoms with E-state index in [2.05, 4.69) is 9.55 Å². The number of ether oxygens (including phenoxy) is 2. The van der Waals surface area contributed by atoms with Crippen molar-refractivity contribution in [2.45, 2.75) is 25.3 Å². The van der Waals surface area contributed by atoms with E-state index in [1.54, 1.807) is 20.4 Å². The number of likely N-dealkylation sites (tertiary alicyclic amines) is 1. The molecule has 6 nitrogen and oxygen atoms in total. The van der Waals surface area contributed by atoms with Crippen LogP contribution in [0.25, 0.3) is 10.9 Å². The largest absolute Gasteiger partial charge is 0.496 e. The Labute approximate surface area is 210 Å². The number of fused-ring (bicyclic) bond motifs is 1. The molecule has 2 aromatic carbocycles. The smallest absolute Gasteiger partial charge is 0.256 e. The van der Waals surface area contributed by atoms with Gasteiger partial charge in [0.25, 0.3) is 5.91 Å². The van der Waals surface area contributed by atoms with Crippen LogP contribution in [0, 0.1) is 0 Å². The second-order valence-electron chi connectivity index (χ2n) is 8.80. The summed E-state index contributed by atoms with van der Waals surface area (Å²) in [5.41, 5.74) is 3.64. The van der Waals surface area contributed by atoms with Gasteiger partial charge >= 0.3 is 0 Å². The normalized spacial score (nSPS) is 14.3. The number of nitrogens with zero attached hydrogens (tertiary/aromatic N) is 3. The second kappa shape index (κ2) is 10.0. The van der Waals surface area contributed by atoms with Crippen LogP contribution in [0.3, 0.4) is 0 Å². The summed E-state index contributed by atoms with van der Waals surface area (Å²) in [7, 11) is 3.37. The Kier molecular flexibility index (Phi) is 6.64. The molecule has 0 radical (unpaired) electrons. The molecule has 0 spiro atoms. The molecule has 1 fully saturated rings. The number of hydrogen-bond donors (Lipinski definition) is 0. The Morgan fingerprint density at radius 1 is 1.03 bits per heavy atom. The predicted molar refractivity (Wildman–Crippen MR) is 138 cm³/mol. The molecule has 0 unspecified atom stereocenters. The number of aromatic nitrogens is 2. The Bertz CT molecular complexity index is 1320. The minimum atomic E-state index is 0.0440. The van der Waals surface area contributed by atoms with Crippen molar-refractivity contribution in [2.75, 3.05) is 27.3 Å². The topological polar surface area (TPSA) is 56.6 Å². The zero-order chi connectivity index (χ0) is 24.4. The standard InChI is InChI=1S/C28H28ClN3O3/c1-34-25-7-5-8-26(35-2)27(25)19-11-14-31(15-12-19)28(33)23-18-32(17-21-6-3-4-13-30-21)24-16-20(29)9-10-22(23)24/h3-10,13,16,18-19H,11-12,14-15,17H2,1-2H3. The van der Waals surface area contributed by atoms with E-state index in [4.69, 9.17) is 21.1 Å². The maximum absolute atomic E-state index is 13.7. The Morgan fingerprint density at radius 2 is 1.77 bits per heavy atom. The van der Waals surface area contributed by atoms with E-state index < -0.39 is 0 Å². The summed E-state index contributed by atoms with van der Waals surface area (Å²) in [5, 5.41) is 1.55. The molecule has 35 heavy (non-hydrogen) atoms. The lowest BCUT2D eigenvalue weighted by atomic mass is 9.88. The molecule has 2 aromatic heterocycles. The van der Waals surface area contributed by atoms with Crippen LogP contribution in [0.2, 0.25) is 5.02 Å². The average molecular weight is 490 g/mol. The van der Waals surface area contributed by atoms with Crippen molar-refractivity contribution in [2.24, 2.45) is 0 Å². The first kappa shape index (κ1) is 23.2. The van der Waals surface area contributed by atoms with Crippen LogP contribution in [0.5, 0.6) is 11.5 Å². The molecule has 1 aliphatic rings. The van der Waals surface area contributed by atoms with Gasteiger partial charge < -0.3 is 18.9 Å². The van der Waals surface area contributed by atoms with Crippen molar-refractivity contribution in [1.82, 2.24) is 14.5 Å². The third kappa shape index (κ3) is 4.58. The van der Waals surface area contributed by atoms with Crippen molar-refractivity contribution in [3.63, 3.8) is 0 Å². The molecule has 1 aliphatic heterocycles. The van der Waals surface area contributed by atoms with Crippen molar-refractivity contribution in [3.8, 4) is 11.5 Å². The van der Waals surface area contributed by atoms with E-state index >= 15 is 0 Å². The van der Waals surface area contributed by atoms with Crippen molar-refractivity contribution >= 4 is 28.4 Å². The molecular weight excluding hydrogens is 462 g/mol. The molecule has 3 heterocycles. The number of carbonyl (C=O) groups excluding carboxylic acids is 1. The van der Waals surface area contributed by atoms with Crippen LogP contribution in [0.15, 0.2) is 67.0 Å². The van der Waals surface area contributed by atoms with E-state index in [-0.39, 0.29) is 11.8 Å². The Morgan fingerprint density at radius 3 is 2.43 bits per heavy atom. The lowest BCUT2D eigenvalue weighted by Gasteiger charge is -2.33. The Hall–Kier alpha value is -3.51. The predicted octanol–water partition coefficient (Wildman–Crippen LogP) is 5.78. The van der Waals surface area contributed by atoms with Crippen LogP contribution >= 0.6 is 11.6 Å². The number of methoxy groups -OCH3 is 2. The highest BCUT2D eigenvalue weighted by molar-refractivity contribution is 6.31. The SMILES string of the molecule is COc1cccc(OC)c1C1CCN(C(=O)c2cn(Cc3ccccn3)c3cc(Cl)ccc23)CC1. The third-order valence-electron chi connectivity index (χ3n) is 6.79. The fraction of sp³-hybridized carbons (Fsp3) is 0.286. The average Bonchev–Trinajstić information content (AvgIpc) is 3.25. The fourth-order valence-corrected chi connectivity index (χ4v) is 5.22. The number of piperidine rings is 1. The molecule has 0 atom stereocenters. The summed E-state index contributed by atoms with van der Waals surface area (Å²) in [6, 6.07) is 17.4. The van der Waals surface area contributed by atoms with Gasteiger partial charge in [-0.3, -0.25) is 9.78 Å². The number of carbonyl (C=O) groups is 1. The van der Waals surface area contributed by atoms with Crippen molar-refractivity contribution in [3.05, 3.63) is 88.8 Å². The van der Waals surface area contributed by atoms with Gasteiger partial charge in [0.1, 0.15) is 11.5 Å². The summed E-state index contributed by atoms with van der Waals surface area (Å²) in [5.74, 6) is 1.99. The molecule has 0 bridgehead atoms.